The van der Waals surface area contributed by atoms with Gasteiger partial charge in [-0.25, -0.2) is 0 Å². The summed E-state index contributed by atoms with van der Waals surface area (Å²) in [6.45, 7) is 11.7. The molecule has 0 bridgehead atoms. The molecule has 0 N–H and O–H groups in total. The Morgan fingerprint density at radius 2 is 1.50 bits per heavy atom. The number of benzene rings is 2. The molecule has 0 fully saturated rings. The highest BCUT2D eigenvalue weighted by molar-refractivity contribution is 5.72. The average molecular weight is 320 g/mol. The normalized spacial score (nSPS) is 9.08. The molecular weight excluding hydrogens is 296 g/mol. The fourth-order valence-electron chi connectivity index (χ4n) is 1.89. The van der Waals surface area contributed by atoms with Crippen LogP contribution in [-0.4, -0.2) is 6.29 Å². The third-order valence-corrected chi connectivity index (χ3v) is 3.26. The lowest BCUT2D eigenvalue weighted by atomic mass is 10.1. The van der Waals surface area contributed by atoms with E-state index in [9.17, 15) is 4.79 Å². The molecule has 0 aliphatic heterocycles. The predicted octanol–water partition coefficient (Wildman–Crippen LogP) is 5.10. The monoisotopic (exact) mass is 320 g/mol. The third kappa shape index (κ3) is 7.98. The molecule has 0 unspecified atom stereocenters. The largest absolute Gasteiger partial charge is 0.488 e. The smallest absolute Gasteiger partial charge is 0.145 e. The van der Waals surface area contributed by atoms with Gasteiger partial charge in [0.1, 0.15) is 19.2 Å². The maximum absolute atomic E-state index is 10.3. The van der Waals surface area contributed by atoms with Crippen LogP contribution in [-0.2, 0) is 22.6 Å². The van der Waals surface area contributed by atoms with Crippen molar-refractivity contribution in [2.24, 2.45) is 0 Å². The van der Waals surface area contributed by atoms with E-state index in [0.29, 0.717) is 18.6 Å². The lowest BCUT2D eigenvalue weighted by molar-refractivity contribution is -0.104. The lowest BCUT2D eigenvalue weighted by Gasteiger charge is -1.99. The van der Waals surface area contributed by atoms with Gasteiger partial charge in [0, 0.05) is 6.42 Å². The molecule has 2 rings (SSSR count). The molecule has 2 nitrogen and oxygen atoms in total. The predicted molar refractivity (Wildman–Crippen MR) is 99.8 cm³/mol. The van der Waals surface area contributed by atoms with Gasteiger partial charge in [-0.15, -0.1) is 0 Å². The number of allylic oxidation sites excluding steroid dienone is 1. The van der Waals surface area contributed by atoms with Gasteiger partial charge < -0.3 is 4.74 Å². The minimum Gasteiger partial charge on any atom is -0.488 e. The highest BCUT2D eigenvalue weighted by atomic mass is 16.5. The zero-order valence-corrected chi connectivity index (χ0v) is 14.4. The Morgan fingerprint density at radius 1 is 1.00 bits per heavy atom. The van der Waals surface area contributed by atoms with Crippen LogP contribution in [0.5, 0.6) is 0 Å². The summed E-state index contributed by atoms with van der Waals surface area (Å²) in [4.78, 5) is 10.3. The molecule has 0 atom stereocenters. The van der Waals surface area contributed by atoms with Crippen LogP contribution in [0.3, 0.4) is 0 Å². The average Bonchev–Trinajstić information content (AvgIpc) is 2.59. The zero-order chi connectivity index (χ0) is 17.8. The topological polar surface area (TPSA) is 26.3 Å². The standard InChI is InChI=1S/2C11H12O/c1-9-3-5-11(6-4-9)7-10(2)8-12;1-3-8-12-9-11-6-4-10(2)5-7-11/h3-6,8H,2,7H2,1H3;4-8H,1,9H2,2H3. The third-order valence-electron chi connectivity index (χ3n) is 3.26. The van der Waals surface area contributed by atoms with Crippen molar-refractivity contribution < 1.29 is 9.53 Å². The van der Waals surface area contributed by atoms with Crippen molar-refractivity contribution in [1.82, 2.24) is 0 Å². The van der Waals surface area contributed by atoms with Crippen LogP contribution >= 0.6 is 0 Å². The molecule has 0 aromatic heterocycles. The van der Waals surface area contributed by atoms with Gasteiger partial charge in [0.05, 0.1) is 0 Å². The number of ether oxygens (including phenoxy) is 1. The molecule has 124 valence electrons. The lowest BCUT2D eigenvalue weighted by Crippen LogP contribution is -1.89. The Labute approximate surface area is 144 Å². The van der Waals surface area contributed by atoms with E-state index in [1.807, 2.05) is 43.3 Å². The second-order valence-corrected chi connectivity index (χ2v) is 5.56. The van der Waals surface area contributed by atoms with E-state index in [2.05, 4.69) is 37.9 Å². The molecule has 0 heterocycles. The van der Waals surface area contributed by atoms with E-state index >= 15 is 0 Å². The molecule has 0 saturated carbocycles. The highest BCUT2D eigenvalue weighted by Crippen LogP contribution is 2.06. The molecule has 0 aliphatic rings. The Bertz CT molecular complexity index is 688. The van der Waals surface area contributed by atoms with Crippen molar-refractivity contribution in [1.29, 1.82) is 0 Å². The van der Waals surface area contributed by atoms with E-state index in [1.54, 1.807) is 0 Å². The number of hydrogen-bond donors (Lipinski definition) is 0. The SMILES string of the molecule is C=C(C=O)Cc1ccc(C)cc1.C=C=COCc1ccc(C)cc1. The maximum atomic E-state index is 10.3. The van der Waals surface area contributed by atoms with Crippen molar-refractivity contribution in [3.05, 3.63) is 102 Å². The molecule has 24 heavy (non-hydrogen) atoms. The Hall–Kier alpha value is -2.83. The van der Waals surface area contributed by atoms with Gasteiger partial charge in [-0.05, 0) is 30.5 Å². The van der Waals surface area contributed by atoms with Crippen LogP contribution in [0.2, 0.25) is 0 Å². The summed E-state index contributed by atoms with van der Waals surface area (Å²) in [5.41, 5.74) is 7.97. The van der Waals surface area contributed by atoms with Gasteiger partial charge in [0.2, 0.25) is 0 Å². The first-order valence-electron chi connectivity index (χ1n) is 7.75. The molecule has 0 spiro atoms. The number of hydrogen-bond acceptors (Lipinski definition) is 2. The first-order chi connectivity index (χ1) is 11.5. The molecule has 0 saturated heterocycles. The number of carbonyl (C=O) groups excluding carboxylic acids is 1. The van der Waals surface area contributed by atoms with Gasteiger partial charge in [0.15, 0.2) is 0 Å². The quantitative estimate of drug-likeness (QED) is 0.320. The summed E-state index contributed by atoms with van der Waals surface area (Å²) in [5.74, 6) is 0. The van der Waals surface area contributed by atoms with Crippen molar-refractivity contribution >= 4 is 6.29 Å². The molecule has 0 amide bonds. The summed E-state index contributed by atoms with van der Waals surface area (Å²) in [6.07, 6.45) is 2.93. The minimum absolute atomic E-state index is 0.586. The highest BCUT2D eigenvalue weighted by Gasteiger charge is 1.94. The summed E-state index contributed by atoms with van der Waals surface area (Å²) in [7, 11) is 0. The first-order valence-corrected chi connectivity index (χ1v) is 7.75. The Balaban J connectivity index is 0.000000240. The first kappa shape index (κ1) is 19.2. The Kier molecular flexibility index (Phi) is 8.67. The maximum Gasteiger partial charge on any atom is 0.145 e. The van der Waals surface area contributed by atoms with Crippen LogP contribution in [0.25, 0.3) is 0 Å². The van der Waals surface area contributed by atoms with Crippen molar-refractivity contribution in [3.8, 4) is 0 Å². The molecule has 0 radical (unpaired) electrons. The summed E-state index contributed by atoms with van der Waals surface area (Å²) in [6, 6.07) is 16.3. The van der Waals surface area contributed by atoms with E-state index < -0.39 is 0 Å². The number of carbonyl (C=O) groups is 1. The van der Waals surface area contributed by atoms with Crippen molar-refractivity contribution in [2.45, 2.75) is 26.9 Å². The number of rotatable bonds is 6. The zero-order valence-electron chi connectivity index (χ0n) is 14.4. The second-order valence-electron chi connectivity index (χ2n) is 5.56. The van der Waals surface area contributed by atoms with Crippen LogP contribution in [0.15, 0.2) is 79.3 Å². The number of aldehydes is 1. The van der Waals surface area contributed by atoms with Crippen molar-refractivity contribution in [2.75, 3.05) is 0 Å². The van der Waals surface area contributed by atoms with Gasteiger partial charge in [-0.2, -0.15) is 0 Å². The number of aryl methyl sites for hydroxylation is 2. The van der Waals surface area contributed by atoms with E-state index in [1.165, 1.54) is 17.4 Å². The van der Waals surface area contributed by atoms with Crippen LogP contribution in [0.4, 0.5) is 0 Å². The molecule has 2 heteroatoms. The summed E-state index contributed by atoms with van der Waals surface area (Å²) < 4.78 is 5.11. The van der Waals surface area contributed by atoms with Gasteiger partial charge in [-0.1, -0.05) is 78.5 Å². The van der Waals surface area contributed by atoms with E-state index in [0.717, 1.165) is 17.4 Å². The molecular formula is C22H24O2. The van der Waals surface area contributed by atoms with E-state index in [-0.39, 0.29) is 0 Å². The molecule has 0 aliphatic carbocycles. The van der Waals surface area contributed by atoms with E-state index in [4.69, 9.17) is 4.74 Å². The van der Waals surface area contributed by atoms with Crippen molar-refractivity contribution in [3.63, 3.8) is 0 Å². The van der Waals surface area contributed by atoms with Crippen LogP contribution in [0, 0.1) is 13.8 Å². The van der Waals surface area contributed by atoms with Gasteiger partial charge >= 0.3 is 0 Å². The Morgan fingerprint density at radius 3 is 1.96 bits per heavy atom. The van der Waals surface area contributed by atoms with Crippen LogP contribution < -0.4 is 0 Å². The summed E-state index contributed by atoms with van der Waals surface area (Å²) in [5, 5.41) is 0. The summed E-state index contributed by atoms with van der Waals surface area (Å²) >= 11 is 0. The van der Waals surface area contributed by atoms with Gasteiger partial charge in [-0.3, -0.25) is 4.79 Å². The fourth-order valence-corrected chi connectivity index (χ4v) is 1.89. The van der Waals surface area contributed by atoms with Crippen LogP contribution in [0.1, 0.15) is 22.3 Å². The fraction of sp³-hybridized carbons (Fsp3) is 0.182. The second kappa shape index (κ2) is 10.8. The minimum atomic E-state index is 0.586. The van der Waals surface area contributed by atoms with Gasteiger partial charge in [0.25, 0.3) is 0 Å². The molecule has 2 aromatic carbocycles. The molecule has 2 aromatic rings.